The zero-order chi connectivity index (χ0) is 16.7. The number of hydrogen-bond acceptors (Lipinski definition) is 5. The molecule has 0 spiro atoms. The lowest BCUT2D eigenvalue weighted by Crippen LogP contribution is -2.57. The molecule has 0 radical (unpaired) electrons. The average molecular weight is 303 g/mol. The first-order valence-corrected chi connectivity index (χ1v) is 6.81. The van der Waals surface area contributed by atoms with E-state index in [1.807, 2.05) is 0 Å². The van der Waals surface area contributed by atoms with E-state index in [9.17, 15) is 14.4 Å². The van der Waals surface area contributed by atoms with Gasteiger partial charge in [-0.1, -0.05) is 27.7 Å². The molecule has 0 aliphatic carbocycles. The fourth-order valence-electron chi connectivity index (χ4n) is 1.53. The van der Waals surface area contributed by atoms with Gasteiger partial charge in [0.05, 0.1) is 12.6 Å². The molecule has 0 aromatic rings. The number of carboxylic acid groups (broad SMARTS) is 1. The summed E-state index contributed by atoms with van der Waals surface area (Å²) in [4.78, 5) is 34.8. The first kappa shape index (κ1) is 19.3. The monoisotopic (exact) mass is 303 g/mol. The van der Waals surface area contributed by atoms with Crippen molar-refractivity contribution in [1.82, 2.24) is 10.6 Å². The van der Waals surface area contributed by atoms with Gasteiger partial charge >= 0.3 is 5.97 Å². The highest BCUT2D eigenvalue weighted by Gasteiger charge is 2.30. The Morgan fingerprint density at radius 2 is 1.52 bits per heavy atom. The Bertz CT molecular complexity index is 384. The predicted molar refractivity (Wildman–Crippen MR) is 76.2 cm³/mol. The van der Waals surface area contributed by atoms with E-state index in [0.717, 1.165) is 0 Å². The molecule has 0 aliphatic rings. The number of hydrogen-bond donors (Lipinski definition) is 5. The Hall–Kier alpha value is -1.67. The number of aliphatic hydroxyl groups is 1. The van der Waals surface area contributed by atoms with Crippen LogP contribution in [0.2, 0.25) is 0 Å². The molecule has 8 heteroatoms. The Kier molecular flexibility index (Phi) is 7.90. The van der Waals surface area contributed by atoms with Gasteiger partial charge in [0.15, 0.2) is 0 Å². The van der Waals surface area contributed by atoms with Crippen LogP contribution in [0, 0.1) is 11.8 Å². The normalized spacial score (nSPS) is 15.4. The second-order valence-electron chi connectivity index (χ2n) is 5.58. The molecular formula is C13H25N3O5. The van der Waals surface area contributed by atoms with Gasteiger partial charge in [-0.25, -0.2) is 4.79 Å². The minimum absolute atomic E-state index is 0.0925. The molecule has 0 aliphatic heterocycles. The van der Waals surface area contributed by atoms with Crippen LogP contribution in [0.5, 0.6) is 0 Å². The maximum absolute atomic E-state index is 12.0. The standard InChI is InChI=1S/C13H25N3O5/c1-6(2)9(14)11(18)16-10(7(3)4)12(19)15-8(5-17)13(20)21/h6-10,17H,5,14H2,1-4H3,(H,15,19)(H,16,18)(H,20,21). The summed E-state index contributed by atoms with van der Waals surface area (Å²) in [6, 6.07) is -3.09. The maximum Gasteiger partial charge on any atom is 0.328 e. The van der Waals surface area contributed by atoms with Gasteiger partial charge in [-0.15, -0.1) is 0 Å². The number of carbonyl (C=O) groups excluding carboxylic acids is 2. The van der Waals surface area contributed by atoms with E-state index in [2.05, 4.69) is 10.6 Å². The molecule has 0 aromatic carbocycles. The van der Waals surface area contributed by atoms with Gasteiger partial charge in [-0.2, -0.15) is 0 Å². The topological polar surface area (TPSA) is 142 Å². The van der Waals surface area contributed by atoms with E-state index in [0.29, 0.717) is 0 Å². The Morgan fingerprint density at radius 1 is 1.00 bits per heavy atom. The number of nitrogens with two attached hydrogens (primary N) is 1. The van der Waals surface area contributed by atoms with Crippen LogP contribution < -0.4 is 16.4 Å². The fraction of sp³-hybridized carbons (Fsp3) is 0.769. The van der Waals surface area contributed by atoms with Crippen molar-refractivity contribution in [2.45, 2.75) is 45.8 Å². The second-order valence-corrected chi connectivity index (χ2v) is 5.58. The molecule has 3 atom stereocenters. The largest absolute Gasteiger partial charge is 0.480 e. The number of carbonyl (C=O) groups is 3. The minimum Gasteiger partial charge on any atom is -0.480 e. The van der Waals surface area contributed by atoms with Gasteiger partial charge < -0.3 is 26.6 Å². The molecule has 2 amide bonds. The lowest BCUT2D eigenvalue weighted by atomic mass is 10.00. The highest BCUT2D eigenvalue weighted by molar-refractivity contribution is 5.92. The number of carboxylic acids is 1. The minimum atomic E-state index is -1.41. The molecule has 8 nitrogen and oxygen atoms in total. The van der Waals surface area contributed by atoms with Crippen LogP contribution in [0.4, 0.5) is 0 Å². The molecule has 0 heterocycles. The van der Waals surface area contributed by atoms with Gasteiger partial charge in [-0.05, 0) is 11.8 Å². The molecule has 0 bridgehead atoms. The second kappa shape index (κ2) is 8.58. The smallest absolute Gasteiger partial charge is 0.328 e. The quantitative estimate of drug-likeness (QED) is 0.376. The van der Waals surface area contributed by atoms with Crippen molar-refractivity contribution in [3.63, 3.8) is 0 Å². The lowest BCUT2D eigenvalue weighted by Gasteiger charge is -2.25. The summed E-state index contributed by atoms with van der Waals surface area (Å²) in [6.45, 7) is 6.24. The van der Waals surface area contributed by atoms with Crippen molar-refractivity contribution in [2.24, 2.45) is 17.6 Å². The summed E-state index contributed by atoms with van der Waals surface area (Å²) in [5, 5.41) is 22.4. The maximum atomic E-state index is 12.0. The Morgan fingerprint density at radius 3 is 1.86 bits per heavy atom. The molecule has 0 fully saturated rings. The SMILES string of the molecule is CC(C)C(N)C(=O)NC(C(=O)NC(CO)C(=O)O)C(C)C. The number of nitrogens with one attached hydrogen (secondary N) is 2. The predicted octanol–water partition coefficient (Wildman–Crippen LogP) is -1.33. The van der Waals surface area contributed by atoms with E-state index in [1.165, 1.54) is 0 Å². The van der Waals surface area contributed by atoms with Crippen molar-refractivity contribution >= 4 is 17.8 Å². The molecule has 122 valence electrons. The van der Waals surface area contributed by atoms with E-state index in [1.54, 1.807) is 27.7 Å². The number of aliphatic hydroxyl groups excluding tert-OH is 1. The van der Waals surface area contributed by atoms with Crippen molar-refractivity contribution < 1.29 is 24.6 Å². The summed E-state index contributed by atoms with van der Waals surface area (Å²) in [5.74, 6) is -2.85. The molecule has 21 heavy (non-hydrogen) atoms. The van der Waals surface area contributed by atoms with Crippen LogP contribution in [0.25, 0.3) is 0 Å². The van der Waals surface area contributed by atoms with E-state index < -0.39 is 42.5 Å². The molecule has 6 N–H and O–H groups in total. The molecule has 3 unspecified atom stereocenters. The summed E-state index contributed by atoms with van der Waals surface area (Å²) in [6.07, 6.45) is 0. The van der Waals surface area contributed by atoms with Crippen LogP contribution in [0.3, 0.4) is 0 Å². The van der Waals surface area contributed by atoms with E-state index in [4.69, 9.17) is 15.9 Å². The van der Waals surface area contributed by atoms with Crippen molar-refractivity contribution in [3.8, 4) is 0 Å². The van der Waals surface area contributed by atoms with Gasteiger partial charge in [0.2, 0.25) is 11.8 Å². The third-order valence-corrected chi connectivity index (χ3v) is 3.07. The summed E-state index contributed by atoms with van der Waals surface area (Å²) in [5.41, 5.74) is 5.71. The third kappa shape index (κ3) is 6.09. The number of aliphatic carboxylic acids is 1. The van der Waals surface area contributed by atoms with E-state index in [-0.39, 0.29) is 11.8 Å². The van der Waals surface area contributed by atoms with E-state index >= 15 is 0 Å². The molecule has 0 rings (SSSR count). The van der Waals surface area contributed by atoms with Gasteiger partial charge in [0.25, 0.3) is 0 Å². The van der Waals surface area contributed by atoms with Gasteiger partial charge in [0, 0.05) is 0 Å². The van der Waals surface area contributed by atoms with Crippen LogP contribution in [-0.4, -0.2) is 52.7 Å². The molecule has 0 aromatic heterocycles. The lowest BCUT2D eigenvalue weighted by molar-refractivity contribution is -0.143. The zero-order valence-electron chi connectivity index (χ0n) is 12.8. The molecular weight excluding hydrogens is 278 g/mol. The zero-order valence-corrected chi connectivity index (χ0v) is 12.8. The van der Waals surface area contributed by atoms with Crippen LogP contribution in [0.15, 0.2) is 0 Å². The molecule has 0 saturated carbocycles. The Balaban J connectivity index is 4.87. The number of amides is 2. The van der Waals surface area contributed by atoms with Crippen LogP contribution in [-0.2, 0) is 14.4 Å². The van der Waals surface area contributed by atoms with Crippen molar-refractivity contribution in [3.05, 3.63) is 0 Å². The van der Waals surface area contributed by atoms with Crippen molar-refractivity contribution in [2.75, 3.05) is 6.61 Å². The highest BCUT2D eigenvalue weighted by Crippen LogP contribution is 2.05. The van der Waals surface area contributed by atoms with Crippen LogP contribution in [0.1, 0.15) is 27.7 Å². The van der Waals surface area contributed by atoms with Crippen LogP contribution >= 0.6 is 0 Å². The summed E-state index contributed by atoms with van der Waals surface area (Å²) >= 11 is 0. The first-order chi connectivity index (χ1) is 9.61. The van der Waals surface area contributed by atoms with Gasteiger partial charge in [0.1, 0.15) is 12.1 Å². The fourth-order valence-corrected chi connectivity index (χ4v) is 1.53. The van der Waals surface area contributed by atoms with Crippen molar-refractivity contribution in [1.29, 1.82) is 0 Å². The summed E-state index contributed by atoms with van der Waals surface area (Å²) < 4.78 is 0. The Labute approximate surface area is 124 Å². The summed E-state index contributed by atoms with van der Waals surface area (Å²) in [7, 11) is 0. The number of rotatable bonds is 8. The first-order valence-electron chi connectivity index (χ1n) is 6.81. The molecule has 0 saturated heterocycles. The average Bonchev–Trinajstić information content (AvgIpc) is 2.39. The highest BCUT2D eigenvalue weighted by atomic mass is 16.4. The third-order valence-electron chi connectivity index (χ3n) is 3.07. The van der Waals surface area contributed by atoms with Gasteiger partial charge in [-0.3, -0.25) is 9.59 Å².